The largest absolute Gasteiger partial charge is 0.473 e. The van der Waals surface area contributed by atoms with E-state index in [0.717, 1.165) is 49.6 Å². The number of nitrogens with zero attached hydrogens (tertiary/aromatic N) is 2. The molecule has 7 heteroatoms. The molecule has 1 saturated heterocycles. The predicted octanol–water partition coefficient (Wildman–Crippen LogP) is 1.72. The van der Waals surface area contributed by atoms with Gasteiger partial charge in [0, 0.05) is 32.2 Å². The van der Waals surface area contributed by atoms with Crippen molar-refractivity contribution in [1.82, 2.24) is 9.80 Å². The number of aliphatic carboxylic acids is 2. The highest BCUT2D eigenvalue weighted by atomic mass is 16.4. The molecule has 0 radical (unpaired) electrons. The third kappa shape index (κ3) is 5.10. The first-order valence-electron chi connectivity index (χ1n) is 9.96. The van der Waals surface area contributed by atoms with Crippen LogP contribution in [0.2, 0.25) is 0 Å². The van der Waals surface area contributed by atoms with Crippen LogP contribution in [0.5, 0.6) is 0 Å². The maximum atomic E-state index is 12.4. The number of carbonyl (C=O) groups excluding carboxylic acids is 1. The van der Waals surface area contributed by atoms with Gasteiger partial charge in [-0.3, -0.25) is 9.69 Å². The van der Waals surface area contributed by atoms with Gasteiger partial charge in [-0.1, -0.05) is 36.8 Å². The van der Waals surface area contributed by atoms with Crippen molar-refractivity contribution in [3.63, 3.8) is 0 Å². The maximum absolute atomic E-state index is 12.4. The number of carboxylic acids is 2. The van der Waals surface area contributed by atoms with Gasteiger partial charge in [-0.15, -0.1) is 0 Å². The number of hydrogen-bond acceptors (Lipinski definition) is 4. The van der Waals surface area contributed by atoms with Crippen molar-refractivity contribution in [1.29, 1.82) is 0 Å². The molecule has 2 N–H and O–H groups in total. The van der Waals surface area contributed by atoms with Crippen LogP contribution in [0.15, 0.2) is 30.3 Å². The first-order valence-corrected chi connectivity index (χ1v) is 9.96. The summed E-state index contributed by atoms with van der Waals surface area (Å²) in [5, 5.41) is 14.8. The highest BCUT2D eigenvalue weighted by Crippen LogP contribution is 2.46. The highest BCUT2D eigenvalue weighted by molar-refractivity contribution is 6.27. The first kappa shape index (κ1) is 20.3. The number of hydrogen-bond donors (Lipinski definition) is 2. The fourth-order valence-corrected chi connectivity index (χ4v) is 4.84. The smallest absolute Gasteiger partial charge is 0.414 e. The second kappa shape index (κ2) is 9.19. The lowest BCUT2D eigenvalue weighted by atomic mass is 9.93. The minimum absolute atomic E-state index is 0.291. The van der Waals surface area contributed by atoms with Gasteiger partial charge in [0.25, 0.3) is 0 Å². The molecule has 3 atom stereocenters. The molecule has 3 fully saturated rings. The molecule has 1 aromatic carbocycles. The number of carboxylic acid groups (broad SMARTS) is 2. The molecule has 7 nitrogen and oxygen atoms in total. The Morgan fingerprint density at radius 2 is 1.54 bits per heavy atom. The van der Waals surface area contributed by atoms with Crippen molar-refractivity contribution < 1.29 is 24.6 Å². The molecular weight excluding hydrogens is 360 g/mol. The first-order chi connectivity index (χ1) is 13.4. The van der Waals surface area contributed by atoms with Crippen LogP contribution in [0.3, 0.4) is 0 Å². The van der Waals surface area contributed by atoms with Crippen LogP contribution < -0.4 is 0 Å². The zero-order chi connectivity index (χ0) is 20.1. The van der Waals surface area contributed by atoms with Crippen LogP contribution in [-0.2, 0) is 20.8 Å². The Hall–Kier alpha value is -2.41. The van der Waals surface area contributed by atoms with Crippen LogP contribution in [-0.4, -0.2) is 70.1 Å². The third-order valence-electron chi connectivity index (χ3n) is 6.22. The summed E-state index contributed by atoms with van der Waals surface area (Å²) in [5.41, 5.74) is 1.13. The topological polar surface area (TPSA) is 98.2 Å². The van der Waals surface area contributed by atoms with E-state index in [1.54, 1.807) is 0 Å². The Balaban J connectivity index is 0.000000330. The molecule has 2 saturated carbocycles. The molecule has 0 spiro atoms. The Kier molecular flexibility index (Phi) is 6.67. The van der Waals surface area contributed by atoms with E-state index in [4.69, 9.17) is 19.8 Å². The molecule has 1 amide bonds. The van der Waals surface area contributed by atoms with E-state index in [2.05, 4.69) is 9.80 Å². The van der Waals surface area contributed by atoms with Crippen molar-refractivity contribution in [2.24, 2.45) is 11.8 Å². The number of benzene rings is 1. The van der Waals surface area contributed by atoms with Gasteiger partial charge in [0.2, 0.25) is 5.91 Å². The van der Waals surface area contributed by atoms with E-state index in [1.807, 2.05) is 30.3 Å². The van der Waals surface area contributed by atoms with E-state index in [-0.39, 0.29) is 0 Å². The lowest BCUT2D eigenvalue weighted by molar-refractivity contribution is -0.159. The van der Waals surface area contributed by atoms with Gasteiger partial charge in [-0.05, 0) is 36.7 Å². The minimum atomic E-state index is -1.82. The lowest BCUT2D eigenvalue weighted by Crippen LogP contribution is -2.53. The molecule has 1 heterocycles. The zero-order valence-electron chi connectivity index (χ0n) is 16.0. The van der Waals surface area contributed by atoms with Crippen molar-refractivity contribution in [2.45, 2.75) is 38.1 Å². The summed E-state index contributed by atoms with van der Waals surface area (Å²) in [6, 6.07) is 10.9. The average Bonchev–Trinajstić information content (AvgIpc) is 3.33. The van der Waals surface area contributed by atoms with E-state index < -0.39 is 11.9 Å². The Bertz CT molecular complexity index is 688. The molecule has 28 heavy (non-hydrogen) atoms. The van der Waals surface area contributed by atoms with Crippen LogP contribution in [0.25, 0.3) is 0 Å². The maximum Gasteiger partial charge on any atom is 0.414 e. The Labute approximate surface area is 164 Å². The molecule has 3 aliphatic rings. The van der Waals surface area contributed by atoms with Crippen molar-refractivity contribution >= 4 is 17.8 Å². The number of piperazine rings is 1. The molecule has 4 rings (SSSR count). The highest BCUT2D eigenvalue weighted by Gasteiger charge is 2.42. The van der Waals surface area contributed by atoms with E-state index in [1.165, 1.54) is 25.7 Å². The van der Waals surface area contributed by atoms with E-state index in [0.29, 0.717) is 12.3 Å². The molecule has 152 valence electrons. The van der Waals surface area contributed by atoms with Gasteiger partial charge in [0.1, 0.15) is 0 Å². The molecule has 1 aromatic rings. The Morgan fingerprint density at radius 3 is 2.04 bits per heavy atom. The number of fused-ring (bicyclic) bond motifs is 2. The van der Waals surface area contributed by atoms with E-state index in [9.17, 15) is 4.79 Å². The van der Waals surface area contributed by atoms with Gasteiger partial charge < -0.3 is 15.1 Å². The van der Waals surface area contributed by atoms with Gasteiger partial charge in [0.05, 0.1) is 6.42 Å². The van der Waals surface area contributed by atoms with Crippen molar-refractivity contribution in [3.8, 4) is 0 Å². The second-order valence-corrected chi connectivity index (χ2v) is 7.93. The summed E-state index contributed by atoms with van der Waals surface area (Å²) in [7, 11) is 0. The molecule has 2 bridgehead atoms. The summed E-state index contributed by atoms with van der Waals surface area (Å²) < 4.78 is 0. The average molecular weight is 388 g/mol. The fraction of sp³-hybridized carbons (Fsp3) is 0.571. The van der Waals surface area contributed by atoms with Crippen LogP contribution in [0, 0.1) is 11.8 Å². The number of carbonyl (C=O) groups is 3. The van der Waals surface area contributed by atoms with Crippen LogP contribution in [0.4, 0.5) is 0 Å². The summed E-state index contributed by atoms with van der Waals surface area (Å²) >= 11 is 0. The molecule has 3 unspecified atom stereocenters. The van der Waals surface area contributed by atoms with Gasteiger partial charge in [-0.25, -0.2) is 9.59 Å². The summed E-state index contributed by atoms with van der Waals surface area (Å²) in [5.74, 6) is -1.40. The zero-order valence-corrected chi connectivity index (χ0v) is 16.0. The summed E-state index contributed by atoms with van der Waals surface area (Å²) in [4.78, 5) is 35.4. The second-order valence-electron chi connectivity index (χ2n) is 7.93. The summed E-state index contributed by atoms with van der Waals surface area (Å²) in [6.45, 7) is 3.99. The molecule has 0 aromatic heterocycles. The van der Waals surface area contributed by atoms with Crippen LogP contribution in [0.1, 0.15) is 31.2 Å². The SMILES string of the molecule is O=C(Cc1ccccc1)N1CCN(C2CC3CCC2C3)CC1.O=C(O)C(=O)O. The lowest BCUT2D eigenvalue weighted by Gasteiger charge is -2.41. The monoisotopic (exact) mass is 388 g/mol. The van der Waals surface area contributed by atoms with Gasteiger partial charge >= 0.3 is 11.9 Å². The van der Waals surface area contributed by atoms with Crippen molar-refractivity contribution in [2.75, 3.05) is 26.2 Å². The van der Waals surface area contributed by atoms with E-state index >= 15 is 0 Å². The van der Waals surface area contributed by atoms with Gasteiger partial charge in [0.15, 0.2) is 0 Å². The molecule has 1 aliphatic heterocycles. The number of rotatable bonds is 3. The minimum Gasteiger partial charge on any atom is -0.473 e. The molecular formula is C21H28N2O5. The number of amides is 1. The van der Waals surface area contributed by atoms with Gasteiger partial charge in [-0.2, -0.15) is 0 Å². The van der Waals surface area contributed by atoms with Crippen LogP contribution >= 0.6 is 0 Å². The Morgan fingerprint density at radius 1 is 0.893 bits per heavy atom. The predicted molar refractivity (Wildman–Crippen MR) is 103 cm³/mol. The standard InChI is InChI=1S/C19H26N2O.C2H2O4/c22-19(14-15-4-2-1-3-5-15)21-10-8-20(9-11-21)18-13-16-6-7-17(18)12-16;3-1(4)2(5)6/h1-5,16-18H,6-14H2;(H,3,4)(H,5,6). The normalized spacial score (nSPS) is 26.4. The van der Waals surface area contributed by atoms with Crippen molar-refractivity contribution in [3.05, 3.63) is 35.9 Å². The molecule has 2 aliphatic carbocycles. The fourth-order valence-electron chi connectivity index (χ4n) is 4.84. The third-order valence-corrected chi connectivity index (χ3v) is 6.22. The summed E-state index contributed by atoms with van der Waals surface area (Å²) in [6.07, 6.45) is 6.36. The quantitative estimate of drug-likeness (QED) is 0.765.